The minimum Gasteiger partial charge on any atom is -0.326 e. The molecule has 0 bridgehead atoms. The van der Waals surface area contributed by atoms with Crippen LogP contribution in [0.4, 0.5) is 5.69 Å². The van der Waals surface area contributed by atoms with Crippen LogP contribution in [0.5, 0.6) is 0 Å². The Morgan fingerprint density at radius 2 is 1.83 bits per heavy atom. The zero-order valence-corrected chi connectivity index (χ0v) is 14.2. The molecule has 1 atom stereocenters. The summed E-state index contributed by atoms with van der Waals surface area (Å²) in [6.07, 6.45) is 0. The van der Waals surface area contributed by atoms with Crippen LogP contribution in [0.15, 0.2) is 41.5 Å². The van der Waals surface area contributed by atoms with Crippen LogP contribution in [0.2, 0.25) is 10.0 Å². The molecule has 1 aliphatic heterocycles. The number of rotatable bonds is 2. The van der Waals surface area contributed by atoms with Gasteiger partial charge in [-0.3, -0.25) is 4.79 Å². The van der Waals surface area contributed by atoms with Crippen molar-refractivity contribution in [3.63, 3.8) is 0 Å². The van der Waals surface area contributed by atoms with Crippen molar-refractivity contribution < 1.29 is 4.79 Å². The van der Waals surface area contributed by atoms with E-state index in [1.807, 2.05) is 43.3 Å². The molecular weight excluding hydrogens is 333 g/mol. The van der Waals surface area contributed by atoms with Crippen LogP contribution < -0.4 is 10.7 Å². The Labute approximate surface area is 144 Å². The van der Waals surface area contributed by atoms with E-state index in [2.05, 4.69) is 15.8 Å². The molecule has 1 unspecified atom stereocenters. The highest BCUT2D eigenvalue weighted by Gasteiger charge is 2.22. The fourth-order valence-electron chi connectivity index (χ4n) is 2.55. The summed E-state index contributed by atoms with van der Waals surface area (Å²) in [5.74, 6) is -0.102. The van der Waals surface area contributed by atoms with Gasteiger partial charge in [-0.1, -0.05) is 35.3 Å². The van der Waals surface area contributed by atoms with Gasteiger partial charge in [-0.2, -0.15) is 5.10 Å². The summed E-state index contributed by atoms with van der Waals surface area (Å²) in [7, 11) is 0. The lowest BCUT2D eigenvalue weighted by atomic mass is 9.93. The van der Waals surface area contributed by atoms with Gasteiger partial charge in [0.25, 0.3) is 0 Å². The van der Waals surface area contributed by atoms with Gasteiger partial charge >= 0.3 is 0 Å². The van der Waals surface area contributed by atoms with Crippen LogP contribution in [0, 0.1) is 0 Å². The molecule has 23 heavy (non-hydrogen) atoms. The maximum absolute atomic E-state index is 11.1. The second-order valence-electron chi connectivity index (χ2n) is 5.42. The normalized spacial score (nSPS) is 16.2. The second-order valence-corrected chi connectivity index (χ2v) is 6.24. The molecule has 3 rings (SSSR count). The molecule has 0 saturated carbocycles. The Hall–Kier alpha value is -2.04. The number of nitrogens with one attached hydrogen (secondary N) is 2. The van der Waals surface area contributed by atoms with Gasteiger partial charge in [0.15, 0.2) is 0 Å². The highest BCUT2D eigenvalue weighted by atomic mass is 35.5. The van der Waals surface area contributed by atoms with Gasteiger partial charge in [-0.05, 0) is 36.8 Å². The van der Waals surface area contributed by atoms with E-state index < -0.39 is 0 Å². The van der Waals surface area contributed by atoms with Crippen LogP contribution in [-0.4, -0.2) is 11.6 Å². The topological polar surface area (TPSA) is 53.5 Å². The highest BCUT2D eigenvalue weighted by molar-refractivity contribution is 6.42. The zero-order chi connectivity index (χ0) is 16.6. The summed E-state index contributed by atoms with van der Waals surface area (Å²) in [4.78, 5) is 11.1. The largest absolute Gasteiger partial charge is 0.326 e. The summed E-state index contributed by atoms with van der Waals surface area (Å²) in [6.45, 7) is 3.50. The van der Waals surface area contributed by atoms with Gasteiger partial charge in [0.05, 0.1) is 21.8 Å². The maximum Gasteiger partial charge on any atom is 0.221 e. The van der Waals surface area contributed by atoms with Crippen molar-refractivity contribution >= 4 is 40.5 Å². The molecule has 0 aromatic heterocycles. The first kappa shape index (κ1) is 15.8. The molecule has 0 spiro atoms. The number of benzene rings is 2. The van der Waals surface area contributed by atoms with Crippen LogP contribution in [0.25, 0.3) is 0 Å². The molecule has 1 amide bonds. The van der Waals surface area contributed by atoms with Crippen molar-refractivity contribution in [1.29, 1.82) is 0 Å². The summed E-state index contributed by atoms with van der Waals surface area (Å²) < 4.78 is 0. The molecule has 2 aromatic carbocycles. The van der Waals surface area contributed by atoms with E-state index in [0.717, 1.165) is 28.1 Å². The summed E-state index contributed by atoms with van der Waals surface area (Å²) in [5.41, 5.74) is 7.57. The lowest BCUT2D eigenvalue weighted by Crippen LogP contribution is -2.25. The van der Waals surface area contributed by atoms with Gasteiger partial charge in [0.2, 0.25) is 5.91 Å². The number of anilines is 1. The van der Waals surface area contributed by atoms with Crippen LogP contribution in [0.1, 0.15) is 36.6 Å². The third kappa shape index (κ3) is 3.19. The molecule has 0 fully saturated rings. The number of hydrogen-bond acceptors (Lipinski definition) is 3. The average molecular weight is 348 g/mol. The second kappa shape index (κ2) is 6.22. The highest BCUT2D eigenvalue weighted by Crippen LogP contribution is 2.33. The van der Waals surface area contributed by atoms with E-state index in [-0.39, 0.29) is 11.9 Å². The van der Waals surface area contributed by atoms with Gasteiger partial charge in [-0.15, -0.1) is 0 Å². The third-order valence-corrected chi connectivity index (χ3v) is 4.38. The Morgan fingerprint density at radius 1 is 1.17 bits per heavy atom. The van der Waals surface area contributed by atoms with Crippen molar-refractivity contribution in [1.82, 2.24) is 5.43 Å². The van der Waals surface area contributed by atoms with Crippen LogP contribution >= 0.6 is 23.2 Å². The van der Waals surface area contributed by atoms with E-state index in [1.54, 1.807) is 0 Å². The summed E-state index contributed by atoms with van der Waals surface area (Å²) in [6, 6.07) is 11.3. The molecule has 2 N–H and O–H groups in total. The van der Waals surface area contributed by atoms with Crippen molar-refractivity contribution in [3.05, 3.63) is 63.1 Å². The first-order chi connectivity index (χ1) is 11.0. The first-order valence-corrected chi connectivity index (χ1v) is 7.92. The molecule has 0 aliphatic carbocycles. The van der Waals surface area contributed by atoms with E-state index >= 15 is 0 Å². The Balaban J connectivity index is 2.01. The zero-order valence-electron chi connectivity index (χ0n) is 12.7. The van der Waals surface area contributed by atoms with E-state index in [0.29, 0.717) is 10.0 Å². The maximum atomic E-state index is 11.1. The van der Waals surface area contributed by atoms with Crippen molar-refractivity contribution in [3.8, 4) is 0 Å². The van der Waals surface area contributed by atoms with Gasteiger partial charge < -0.3 is 10.7 Å². The van der Waals surface area contributed by atoms with Crippen molar-refractivity contribution in [2.45, 2.75) is 19.9 Å². The lowest BCUT2D eigenvalue weighted by Gasteiger charge is -2.24. The molecule has 118 valence electrons. The number of fused-ring (bicyclic) bond motifs is 1. The summed E-state index contributed by atoms with van der Waals surface area (Å²) in [5, 5.41) is 8.24. The lowest BCUT2D eigenvalue weighted by molar-refractivity contribution is -0.114. The minimum atomic E-state index is -0.102. The van der Waals surface area contributed by atoms with Gasteiger partial charge in [-0.25, -0.2) is 0 Å². The predicted molar refractivity (Wildman–Crippen MR) is 94.4 cm³/mol. The number of halogens is 2. The molecule has 6 heteroatoms. The molecule has 1 aliphatic rings. The molecule has 4 nitrogen and oxygen atoms in total. The number of carbonyl (C=O) groups is 1. The number of amides is 1. The Morgan fingerprint density at radius 3 is 2.48 bits per heavy atom. The molecule has 0 radical (unpaired) electrons. The van der Waals surface area contributed by atoms with Gasteiger partial charge in [0, 0.05) is 23.7 Å². The van der Waals surface area contributed by atoms with Crippen molar-refractivity contribution in [2.24, 2.45) is 5.10 Å². The Kier molecular flexibility index (Phi) is 4.28. The summed E-state index contributed by atoms with van der Waals surface area (Å²) >= 11 is 12.3. The van der Waals surface area contributed by atoms with Gasteiger partial charge in [0.1, 0.15) is 0 Å². The fraction of sp³-hybridized carbons (Fsp3) is 0.176. The predicted octanol–water partition coefficient (Wildman–Crippen LogP) is 4.37. The number of hydrogen-bond donors (Lipinski definition) is 2. The quantitative estimate of drug-likeness (QED) is 0.847. The smallest absolute Gasteiger partial charge is 0.221 e. The number of hydrazone groups is 1. The Bertz CT molecular complexity index is 800. The average Bonchev–Trinajstić information content (AvgIpc) is 2.50. The minimum absolute atomic E-state index is 0.0576. The number of carbonyl (C=O) groups excluding carboxylic acids is 1. The fourth-order valence-corrected chi connectivity index (χ4v) is 2.89. The molecule has 1 heterocycles. The van der Waals surface area contributed by atoms with E-state index in [4.69, 9.17) is 23.2 Å². The molecule has 2 aromatic rings. The van der Waals surface area contributed by atoms with Crippen LogP contribution in [0.3, 0.4) is 0 Å². The number of nitrogens with zero attached hydrogens (tertiary/aromatic N) is 1. The van der Waals surface area contributed by atoms with Crippen molar-refractivity contribution in [2.75, 3.05) is 5.32 Å². The van der Waals surface area contributed by atoms with E-state index in [9.17, 15) is 4.79 Å². The molecule has 0 saturated heterocycles. The third-order valence-electron chi connectivity index (χ3n) is 3.66. The van der Waals surface area contributed by atoms with Crippen LogP contribution in [-0.2, 0) is 4.79 Å². The van der Waals surface area contributed by atoms with E-state index in [1.165, 1.54) is 6.92 Å². The SMILES string of the molecule is CC(=O)Nc1ccc(C2=NNC(C)c3cc(Cl)c(Cl)cc32)cc1. The standard InChI is InChI=1S/C17H15Cl2N3O/c1-9-13-7-15(18)16(19)8-14(13)17(22-21-9)11-3-5-12(6-4-11)20-10(2)23/h3-9,21H,1-2H3,(H,20,23). The first-order valence-electron chi connectivity index (χ1n) is 7.16. The monoisotopic (exact) mass is 347 g/mol. The molecular formula is C17H15Cl2N3O.